The van der Waals surface area contributed by atoms with Crippen molar-refractivity contribution in [2.75, 3.05) is 25.6 Å². The predicted octanol–water partition coefficient (Wildman–Crippen LogP) is 1.62. The minimum absolute atomic E-state index is 0.824. The molecule has 4 heteroatoms. The fraction of sp³-hybridized carbons (Fsp3) is 0.600. The van der Waals surface area contributed by atoms with E-state index in [-0.39, 0.29) is 0 Å². The molecule has 0 aromatic carbocycles. The zero-order valence-electron chi connectivity index (χ0n) is 8.79. The second-order valence-corrected chi connectivity index (χ2v) is 3.17. The third-order valence-electron chi connectivity index (χ3n) is 1.89. The van der Waals surface area contributed by atoms with Crippen LogP contribution in [0.25, 0.3) is 0 Å². The van der Waals surface area contributed by atoms with Gasteiger partial charge in [0.15, 0.2) is 0 Å². The third kappa shape index (κ3) is 4.18. The number of hydrogen-bond donors (Lipinski definition) is 1. The van der Waals surface area contributed by atoms with Gasteiger partial charge >= 0.3 is 0 Å². The fourth-order valence-electron chi connectivity index (χ4n) is 1.14. The topological polar surface area (TPSA) is 47.0 Å². The molecule has 0 aliphatic carbocycles. The first kappa shape index (κ1) is 10.9. The Morgan fingerprint density at radius 3 is 2.93 bits per heavy atom. The summed E-state index contributed by atoms with van der Waals surface area (Å²) in [6, 6.07) is 1.94. The van der Waals surface area contributed by atoms with Crippen molar-refractivity contribution in [2.24, 2.45) is 0 Å². The van der Waals surface area contributed by atoms with Gasteiger partial charge in [0, 0.05) is 32.0 Å². The lowest BCUT2D eigenvalue weighted by Crippen LogP contribution is -2.04. The van der Waals surface area contributed by atoms with E-state index >= 15 is 0 Å². The van der Waals surface area contributed by atoms with Crippen LogP contribution in [0.2, 0.25) is 0 Å². The average Bonchev–Trinajstić information content (AvgIpc) is 2.18. The number of ether oxygens (including phenoxy) is 1. The summed E-state index contributed by atoms with van der Waals surface area (Å²) in [6.07, 6.45) is 3.75. The molecule has 0 fully saturated rings. The summed E-state index contributed by atoms with van der Waals surface area (Å²) < 4.78 is 4.96. The van der Waals surface area contributed by atoms with Gasteiger partial charge in [0.05, 0.1) is 0 Å². The zero-order valence-corrected chi connectivity index (χ0v) is 8.79. The largest absolute Gasteiger partial charge is 0.385 e. The van der Waals surface area contributed by atoms with E-state index in [4.69, 9.17) is 4.74 Å². The van der Waals surface area contributed by atoms with Gasteiger partial charge in [0.2, 0.25) is 0 Å². The molecule has 1 heterocycles. The highest BCUT2D eigenvalue weighted by molar-refractivity contribution is 5.33. The number of aromatic nitrogens is 2. The molecule has 0 atom stereocenters. The van der Waals surface area contributed by atoms with Crippen LogP contribution in [0, 0.1) is 6.92 Å². The number of hydrogen-bond acceptors (Lipinski definition) is 4. The minimum atomic E-state index is 0.824. The van der Waals surface area contributed by atoms with Crippen molar-refractivity contribution < 1.29 is 4.74 Å². The number of nitrogens with zero attached hydrogens (tertiary/aromatic N) is 2. The minimum Gasteiger partial charge on any atom is -0.385 e. The van der Waals surface area contributed by atoms with Crippen molar-refractivity contribution in [3.63, 3.8) is 0 Å². The maximum atomic E-state index is 4.96. The number of nitrogens with one attached hydrogen (secondary N) is 1. The molecule has 0 spiro atoms. The SMILES string of the molecule is COCCCCNc1cc(C)ncn1. The summed E-state index contributed by atoms with van der Waals surface area (Å²) >= 11 is 0. The molecule has 1 aromatic rings. The average molecular weight is 195 g/mol. The highest BCUT2D eigenvalue weighted by Gasteiger charge is 1.93. The molecule has 78 valence electrons. The molecule has 0 aliphatic rings. The van der Waals surface area contributed by atoms with E-state index in [1.54, 1.807) is 13.4 Å². The fourth-order valence-corrected chi connectivity index (χ4v) is 1.14. The van der Waals surface area contributed by atoms with Crippen LogP contribution in [0.15, 0.2) is 12.4 Å². The molecule has 0 bridgehead atoms. The molecule has 4 nitrogen and oxygen atoms in total. The molecule has 0 aliphatic heterocycles. The van der Waals surface area contributed by atoms with Crippen molar-refractivity contribution in [2.45, 2.75) is 19.8 Å². The lowest BCUT2D eigenvalue weighted by atomic mass is 10.3. The Balaban J connectivity index is 2.18. The monoisotopic (exact) mass is 195 g/mol. The third-order valence-corrected chi connectivity index (χ3v) is 1.89. The number of anilines is 1. The Hall–Kier alpha value is -1.16. The van der Waals surface area contributed by atoms with Crippen LogP contribution in [0.1, 0.15) is 18.5 Å². The molecule has 1 N–H and O–H groups in total. The van der Waals surface area contributed by atoms with Gasteiger partial charge in [-0.3, -0.25) is 0 Å². The molecular formula is C10H17N3O. The quantitative estimate of drug-likeness (QED) is 0.701. The van der Waals surface area contributed by atoms with Crippen molar-refractivity contribution in [1.82, 2.24) is 9.97 Å². The smallest absolute Gasteiger partial charge is 0.129 e. The molecule has 0 unspecified atom stereocenters. The van der Waals surface area contributed by atoms with E-state index < -0.39 is 0 Å². The van der Waals surface area contributed by atoms with Crippen LogP contribution < -0.4 is 5.32 Å². The van der Waals surface area contributed by atoms with E-state index in [0.29, 0.717) is 0 Å². The van der Waals surface area contributed by atoms with Crippen molar-refractivity contribution in [3.05, 3.63) is 18.1 Å². The lowest BCUT2D eigenvalue weighted by molar-refractivity contribution is 0.194. The molecule has 0 radical (unpaired) electrons. The maximum absolute atomic E-state index is 4.96. The Morgan fingerprint density at radius 1 is 1.36 bits per heavy atom. The normalized spacial score (nSPS) is 10.1. The number of unbranched alkanes of at least 4 members (excludes halogenated alkanes) is 1. The summed E-state index contributed by atoms with van der Waals surface area (Å²) in [6.45, 7) is 3.71. The number of aryl methyl sites for hydroxylation is 1. The van der Waals surface area contributed by atoms with Crippen LogP contribution >= 0.6 is 0 Å². The Bertz CT molecular complexity index is 265. The van der Waals surface area contributed by atoms with Crippen LogP contribution in [0.3, 0.4) is 0 Å². The van der Waals surface area contributed by atoms with Gasteiger partial charge < -0.3 is 10.1 Å². The van der Waals surface area contributed by atoms with Gasteiger partial charge in [0.1, 0.15) is 12.1 Å². The van der Waals surface area contributed by atoms with Crippen molar-refractivity contribution in [3.8, 4) is 0 Å². The van der Waals surface area contributed by atoms with E-state index in [9.17, 15) is 0 Å². The molecule has 1 rings (SSSR count). The lowest BCUT2D eigenvalue weighted by Gasteiger charge is -2.04. The van der Waals surface area contributed by atoms with Crippen LogP contribution in [0.4, 0.5) is 5.82 Å². The highest BCUT2D eigenvalue weighted by Crippen LogP contribution is 2.02. The van der Waals surface area contributed by atoms with Gasteiger partial charge in [-0.2, -0.15) is 0 Å². The predicted molar refractivity (Wildman–Crippen MR) is 56.4 cm³/mol. The first-order valence-electron chi connectivity index (χ1n) is 4.84. The van der Waals surface area contributed by atoms with Crippen molar-refractivity contribution in [1.29, 1.82) is 0 Å². The van der Waals surface area contributed by atoms with Gasteiger partial charge in [-0.15, -0.1) is 0 Å². The Morgan fingerprint density at radius 2 is 2.21 bits per heavy atom. The molecule has 1 aromatic heterocycles. The van der Waals surface area contributed by atoms with Crippen LogP contribution in [0.5, 0.6) is 0 Å². The molecule has 0 saturated carbocycles. The molecular weight excluding hydrogens is 178 g/mol. The van der Waals surface area contributed by atoms with Gasteiger partial charge in [0.25, 0.3) is 0 Å². The summed E-state index contributed by atoms with van der Waals surface area (Å²) in [5.41, 5.74) is 0.986. The van der Waals surface area contributed by atoms with Crippen molar-refractivity contribution >= 4 is 5.82 Å². The van der Waals surface area contributed by atoms with Crippen LogP contribution in [-0.4, -0.2) is 30.2 Å². The Kier molecular flexibility index (Phi) is 4.93. The summed E-state index contributed by atoms with van der Waals surface area (Å²) in [5.74, 6) is 0.898. The second-order valence-electron chi connectivity index (χ2n) is 3.17. The summed E-state index contributed by atoms with van der Waals surface area (Å²) in [5, 5.41) is 3.24. The maximum Gasteiger partial charge on any atom is 0.129 e. The summed E-state index contributed by atoms with van der Waals surface area (Å²) in [4.78, 5) is 8.13. The standard InChI is InChI=1S/C10H17N3O/c1-9-7-10(13-8-12-9)11-5-3-4-6-14-2/h7-8H,3-6H2,1-2H3,(H,11,12,13). The number of methoxy groups -OCH3 is 1. The van der Waals surface area contributed by atoms with Gasteiger partial charge in [-0.1, -0.05) is 0 Å². The van der Waals surface area contributed by atoms with Crippen LogP contribution in [-0.2, 0) is 4.74 Å². The van der Waals surface area contributed by atoms with Gasteiger partial charge in [-0.05, 0) is 19.8 Å². The van der Waals surface area contributed by atoms with E-state index in [2.05, 4.69) is 15.3 Å². The highest BCUT2D eigenvalue weighted by atomic mass is 16.5. The number of rotatable bonds is 6. The molecule has 14 heavy (non-hydrogen) atoms. The Labute approximate surface area is 84.7 Å². The summed E-state index contributed by atoms with van der Waals surface area (Å²) in [7, 11) is 1.72. The first-order chi connectivity index (χ1) is 6.83. The van der Waals surface area contributed by atoms with E-state index in [1.807, 2.05) is 13.0 Å². The van der Waals surface area contributed by atoms with Gasteiger partial charge in [-0.25, -0.2) is 9.97 Å². The molecule has 0 saturated heterocycles. The first-order valence-corrected chi connectivity index (χ1v) is 4.84. The zero-order chi connectivity index (χ0) is 10.2. The van der Waals surface area contributed by atoms with E-state index in [0.717, 1.165) is 37.5 Å². The molecule has 0 amide bonds. The van der Waals surface area contributed by atoms with E-state index in [1.165, 1.54) is 0 Å². The second kappa shape index (κ2) is 6.32.